The summed E-state index contributed by atoms with van der Waals surface area (Å²) in [6.07, 6.45) is 0.995. The molecule has 0 saturated carbocycles. The number of aromatic nitrogens is 2. The Kier molecular flexibility index (Phi) is 4.30. The van der Waals surface area contributed by atoms with Crippen molar-refractivity contribution < 1.29 is 0 Å². The van der Waals surface area contributed by atoms with Gasteiger partial charge >= 0.3 is 0 Å². The Morgan fingerprint density at radius 2 is 1.78 bits per heavy atom. The molecule has 0 saturated heterocycles. The van der Waals surface area contributed by atoms with Crippen LogP contribution in [0.15, 0.2) is 4.79 Å². The van der Waals surface area contributed by atoms with Crippen LogP contribution in [-0.4, -0.2) is 9.36 Å². The first-order chi connectivity index (χ1) is 8.20. The molecule has 1 rings (SSSR count). The highest BCUT2D eigenvalue weighted by Gasteiger charge is 2.27. The molecule has 0 radical (unpaired) electrons. The first-order valence-electron chi connectivity index (χ1n) is 6.79. The van der Waals surface area contributed by atoms with Crippen LogP contribution in [-0.2, 0) is 18.5 Å². The van der Waals surface area contributed by atoms with Crippen LogP contribution in [0.1, 0.15) is 53.7 Å². The Balaban J connectivity index is 3.47. The minimum Gasteiger partial charge on any atom is -0.393 e. The maximum atomic E-state index is 12.3. The normalized spacial score (nSPS) is 12.4. The summed E-state index contributed by atoms with van der Waals surface area (Å²) in [6.45, 7) is 14.2. The Labute approximate surface area is 110 Å². The number of rotatable bonds is 4. The zero-order chi connectivity index (χ0) is 14.1. The summed E-state index contributed by atoms with van der Waals surface area (Å²) in [7, 11) is 0. The monoisotopic (exact) mass is 253 g/mol. The van der Waals surface area contributed by atoms with Crippen LogP contribution < -0.4 is 11.3 Å². The van der Waals surface area contributed by atoms with Crippen molar-refractivity contribution in [1.29, 1.82) is 0 Å². The minimum atomic E-state index is -0.110. The summed E-state index contributed by atoms with van der Waals surface area (Å²) in [5.41, 5.74) is 7.27. The highest BCUT2D eigenvalue weighted by molar-refractivity contribution is 5.45. The molecule has 4 nitrogen and oxygen atoms in total. The van der Waals surface area contributed by atoms with E-state index in [0.29, 0.717) is 11.6 Å². The Bertz CT molecular complexity index is 461. The molecule has 4 heteroatoms. The third-order valence-electron chi connectivity index (χ3n) is 2.95. The quantitative estimate of drug-likeness (QED) is 0.896. The molecule has 18 heavy (non-hydrogen) atoms. The maximum absolute atomic E-state index is 12.3. The molecule has 0 fully saturated rings. The lowest BCUT2D eigenvalue weighted by atomic mass is 9.91. The summed E-state index contributed by atoms with van der Waals surface area (Å²) in [4.78, 5) is 12.3. The van der Waals surface area contributed by atoms with Gasteiger partial charge in [0.1, 0.15) is 5.69 Å². The number of anilines is 1. The maximum Gasteiger partial charge on any atom is 0.290 e. The van der Waals surface area contributed by atoms with Gasteiger partial charge in [0.05, 0.1) is 5.69 Å². The van der Waals surface area contributed by atoms with E-state index >= 15 is 0 Å². The molecule has 0 unspecified atom stereocenters. The average Bonchev–Trinajstić information content (AvgIpc) is 2.42. The number of hydrogen-bond acceptors (Lipinski definition) is 2. The molecular weight excluding hydrogens is 226 g/mol. The van der Waals surface area contributed by atoms with E-state index < -0.39 is 0 Å². The summed E-state index contributed by atoms with van der Waals surface area (Å²) < 4.78 is 3.89. The van der Waals surface area contributed by atoms with E-state index in [-0.39, 0.29) is 11.0 Å². The molecule has 1 aromatic heterocycles. The van der Waals surface area contributed by atoms with Crippen LogP contribution in [0.3, 0.4) is 0 Å². The van der Waals surface area contributed by atoms with Gasteiger partial charge in [-0.1, -0.05) is 41.5 Å². The molecule has 0 aliphatic heterocycles. The third-order valence-corrected chi connectivity index (χ3v) is 2.95. The Morgan fingerprint density at radius 3 is 2.17 bits per heavy atom. The van der Waals surface area contributed by atoms with Crippen LogP contribution in [0.2, 0.25) is 0 Å². The predicted octanol–water partition coefficient (Wildman–Crippen LogP) is 2.60. The summed E-state index contributed by atoms with van der Waals surface area (Å²) in [5, 5.41) is 0. The van der Waals surface area contributed by atoms with E-state index in [1.165, 1.54) is 0 Å². The molecule has 0 atom stereocenters. The fourth-order valence-corrected chi connectivity index (χ4v) is 2.37. The lowest BCUT2D eigenvalue weighted by Gasteiger charge is -2.23. The third kappa shape index (κ3) is 2.79. The summed E-state index contributed by atoms with van der Waals surface area (Å²) >= 11 is 0. The van der Waals surface area contributed by atoms with Crippen LogP contribution in [0.25, 0.3) is 0 Å². The van der Waals surface area contributed by atoms with Crippen LogP contribution >= 0.6 is 0 Å². The first kappa shape index (κ1) is 14.9. The largest absolute Gasteiger partial charge is 0.393 e. The van der Waals surface area contributed by atoms with Gasteiger partial charge in [-0.2, -0.15) is 0 Å². The van der Waals surface area contributed by atoms with E-state index in [1.807, 2.05) is 4.68 Å². The SMILES string of the molecule is CCCn1c(C(C)(C)C)c(N)c(=O)n1CC(C)C. The fourth-order valence-electron chi connectivity index (χ4n) is 2.37. The molecule has 1 aromatic rings. The van der Waals surface area contributed by atoms with Crippen molar-refractivity contribution in [3.63, 3.8) is 0 Å². The Morgan fingerprint density at radius 1 is 1.22 bits per heavy atom. The average molecular weight is 253 g/mol. The number of nitrogen functional groups attached to an aromatic ring is 1. The Hall–Kier alpha value is -1.19. The van der Waals surface area contributed by atoms with Gasteiger partial charge in [-0.25, -0.2) is 4.68 Å². The van der Waals surface area contributed by atoms with E-state index in [4.69, 9.17) is 5.73 Å². The van der Waals surface area contributed by atoms with Gasteiger partial charge < -0.3 is 5.73 Å². The van der Waals surface area contributed by atoms with E-state index in [2.05, 4.69) is 46.2 Å². The van der Waals surface area contributed by atoms with Crippen molar-refractivity contribution in [3.8, 4) is 0 Å². The standard InChI is InChI=1S/C14H27N3O/c1-7-8-16-12(14(4,5)6)11(15)13(18)17(16)9-10(2)3/h10H,7-9,15H2,1-6H3. The summed E-state index contributed by atoms with van der Waals surface area (Å²) in [6, 6.07) is 0. The molecule has 0 amide bonds. The molecule has 0 aromatic carbocycles. The lowest BCUT2D eigenvalue weighted by molar-refractivity contribution is 0.359. The van der Waals surface area contributed by atoms with Crippen molar-refractivity contribution in [2.75, 3.05) is 5.73 Å². The van der Waals surface area contributed by atoms with Crippen molar-refractivity contribution in [1.82, 2.24) is 9.36 Å². The van der Waals surface area contributed by atoms with Crippen molar-refractivity contribution >= 4 is 5.69 Å². The number of nitrogens with two attached hydrogens (primary N) is 1. The van der Waals surface area contributed by atoms with E-state index in [0.717, 1.165) is 25.2 Å². The van der Waals surface area contributed by atoms with Gasteiger partial charge in [-0.3, -0.25) is 9.48 Å². The smallest absolute Gasteiger partial charge is 0.290 e. The van der Waals surface area contributed by atoms with Gasteiger partial charge in [0.2, 0.25) is 0 Å². The molecule has 0 aliphatic rings. The van der Waals surface area contributed by atoms with Gasteiger partial charge in [-0.15, -0.1) is 0 Å². The zero-order valence-corrected chi connectivity index (χ0v) is 12.6. The van der Waals surface area contributed by atoms with Gasteiger partial charge in [0.25, 0.3) is 5.56 Å². The van der Waals surface area contributed by atoms with Crippen LogP contribution in [0.4, 0.5) is 5.69 Å². The zero-order valence-electron chi connectivity index (χ0n) is 12.6. The molecule has 0 aliphatic carbocycles. The number of hydrogen-bond donors (Lipinski definition) is 1. The first-order valence-corrected chi connectivity index (χ1v) is 6.79. The number of nitrogens with zero attached hydrogens (tertiary/aromatic N) is 2. The lowest BCUT2D eigenvalue weighted by Crippen LogP contribution is -2.27. The molecule has 0 bridgehead atoms. The second-order valence-corrected chi connectivity index (χ2v) is 6.42. The van der Waals surface area contributed by atoms with Crippen LogP contribution in [0, 0.1) is 5.92 Å². The molecule has 1 heterocycles. The van der Waals surface area contributed by atoms with E-state index in [9.17, 15) is 4.79 Å². The molecule has 0 spiro atoms. The van der Waals surface area contributed by atoms with Crippen LogP contribution in [0.5, 0.6) is 0 Å². The molecule has 104 valence electrons. The van der Waals surface area contributed by atoms with Gasteiger partial charge in [-0.05, 0) is 12.3 Å². The second-order valence-electron chi connectivity index (χ2n) is 6.42. The highest BCUT2D eigenvalue weighted by atomic mass is 16.1. The van der Waals surface area contributed by atoms with Gasteiger partial charge in [0.15, 0.2) is 0 Å². The topological polar surface area (TPSA) is 52.9 Å². The van der Waals surface area contributed by atoms with E-state index in [1.54, 1.807) is 0 Å². The predicted molar refractivity (Wildman–Crippen MR) is 76.9 cm³/mol. The summed E-state index contributed by atoms with van der Waals surface area (Å²) in [5.74, 6) is 0.431. The van der Waals surface area contributed by atoms with Crippen molar-refractivity contribution in [2.45, 2.75) is 66.5 Å². The highest BCUT2D eigenvalue weighted by Crippen LogP contribution is 2.26. The second kappa shape index (κ2) is 5.21. The van der Waals surface area contributed by atoms with Crippen molar-refractivity contribution in [2.24, 2.45) is 5.92 Å². The molecule has 2 N–H and O–H groups in total. The molecular formula is C14H27N3O. The van der Waals surface area contributed by atoms with Gasteiger partial charge in [0, 0.05) is 18.5 Å². The van der Waals surface area contributed by atoms with Crippen molar-refractivity contribution in [3.05, 3.63) is 16.0 Å². The fraction of sp³-hybridized carbons (Fsp3) is 0.786. The minimum absolute atomic E-state index is 0.0397.